The third-order valence-corrected chi connectivity index (χ3v) is 3.11. The van der Waals surface area contributed by atoms with Gasteiger partial charge < -0.3 is 5.32 Å². The first-order valence-electron chi connectivity index (χ1n) is 5.25. The molecule has 1 aromatic carbocycles. The molecule has 0 saturated carbocycles. The first-order valence-corrected chi connectivity index (χ1v) is 6.04. The Bertz CT molecular complexity index is 514. The second kappa shape index (κ2) is 5.27. The molecule has 0 atom stereocenters. The van der Waals surface area contributed by atoms with Crippen LogP contribution in [-0.4, -0.2) is 4.98 Å². The number of rotatable bonds is 3. The van der Waals surface area contributed by atoms with Gasteiger partial charge in [0.15, 0.2) is 0 Å². The van der Waals surface area contributed by atoms with Gasteiger partial charge in [-0.2, -0.15) is 0 Å². The molecule has 0 aliphatic heterocycles. The molecule has 0 spiro atoms. The average molecular weight is 295 g/mol. The van der Waals surface area contributed by atoms with Crippen LogP contribution in [0, 0.1) is 12.7 Å². The first kappa shape index (κ1) is 12.0. The molecule has 17 heavy (non-hydrogen) atoms. The van der Waals surface area contributed by atoms with Gasteiger partial charge >= 0.3 is 0 Å². The van der Waals surface area contributed by atoms with E-state index in [4.69, 9.17) is 0 Å². The Balaban J connectivity index is 2.12. The highest BCUT2D eigenvalue weighted by molar-refractivity contribution is 9.10. The van der Waals surface area contributed by atoms with E-state index in [1.165, 1.54) is 6.07 Å². The van der Waals surface area contributed by atoms with Crippen LogP contribution >= 0.6 is 15.9 Å². The minimum absolute atomic E-state index is 0.257. The Morgan fingerprint density at radius 2 is 2.00 bits per heavy atom. The standard InChI is InChI=1S/C13H12BrFN2/c1-9-6-11(14)12(15)7-13(9)17-8-10-2-4-16-5-3-10/h2-7,17H,8H2,1H3. The number of nitrogens with zero attached hydrogens (tertiary/aromatic N) is 1. The van der Waals surface area contributed by atoms with Gasteiger partial charge in [-0.25, -0.2) is 4.39 Å². The summed E-state index contributed by atoms with van der Waals surface area (Å²) in [5.74, 6) is -0.257. The third kappa shape index (κ3) is 3.03. The number of pyridine rings is 1. The number of aromatic nitrogens is 1. The lowest BCUT2D eigenvalue weighted by Crippen LogP contribution is -2.01. The van der Waals surface area contributed by atoms with Gasteiger partial charge in [0.05, 0.1) is 4.47 Å². The van der Waals surface area contributed by atoms with Crippen LogP contribution in [0.2, 0.25) is 0 Å². The number of hydrogen-bond donors (Lipinski definition) is 1. The molecule has 0 bridgehead atoms. The van der Waals surface area contributed by atoms with Gasteiger partial charge in [0.1, 0.15) is 5.82 Å². The van der Waals surface area contributed by atoms with Gasteiger partial charge in [0, 0.05) is 24.6 Å². The number of benzene rings is 1. The molecule has 2 aromatic rings. The maximum Gasteiger partial charge on any atom is 0.139 e. The average Bonchev–Trinajstić information content (AvgIpc) is 2.33. The van der Waals surface area contributed by atoms with Crippen LogP contribution in [0.3, 0.4) is 0 Å². The fourth-order valence-electron chi connectivity index (χ4n) is 1.53. The molecule has 0 amide bonds. The van der Waals surface area contributed by atoms with E-state index in [1.54, 1.807) is 18.5 Å². The monoisotopic (exact) mass is 294 g/mol. The quantitative estimate of drug-likeness (QED) is 0.928. The van der Waals surface area contributed by atoms with Gasteiger partial charge in [-0.3, -0.25) is 4.98 Å². The van der Waals surface area contributed by atoms with Gasteiger partial charge in [0.2, 0.25) is 0 Å². The smallest absolute Gasteiger partial charge is 0.139 e. The van der Waals surface area contributed by atoms with Crippen molar-refractivity contribution in [2.75, 3.05) is 5.32 Å². The van der Waals surface area contributed by atoms with Crippen LogP contribution in [0.15, 0.2) is 41.1 Å². The molecule has 0 fully saturated rings. The van der Waals surface area contributed by atoms with Crippen LogP contribution in [0.5, 0.6) is 0 Å². The van der Waals surface area contributed by atoms with Crippen molar-refractivity contribution in [1.29, 1.82) is 0 Å². The highest BCUT2D eigenvalue weighted by Crippen LogP contribution is 2.24. The third-order valence-electron chi connectivity index (χ3n) is 2.50. The molecule has 1 aromatic heterocycles. The highest BCUT2D eigenvalue weighted by Gasteiger charge is 2.04. The van der Waals surface area contributed by atoms with Crippen molar-refractivity contribution in [3.05, 3.63) is 58.1 Å². The van der Waals surface area contributed by atoms with Gasteiger partial charge in [-0.1, -0.05) is 0 Å². The van der Waals surface area contributed by atoms with E-state index in [1.807, 2.05) is 19.1 Å². The lowest BCUT2D eigenvalue weighted by atomic mass is 10.2. The summed E-state index contributed by atoms with van der Waals surface area (Å²) in [6.07, 6.45) is 3.48. The molecule has 0 aliphatic rings. The Morgan fingerprint density at radius 1 is 1.29 bits per heavy atom. The molecule has 1 N–H and O–H groups in total. The SMILES string of the molecule is Cc1cc(Br)c(F)cc1NCc1ccncc1. The number of hydrogen-bond acceptors (Lipinski definition) is 2. The molecule has 4 heteroatoms. The van der Waals surface area contributed by atoms with Crippen LogP contribution in [0.25, 0.3) is 0 Å². The normalized spacial score (nSPS) is 10.3. The number of aryl methyl sites for hydroxylation is 1. The maximum absolute atomic E-state index is 13.4. The van der Waals surface area contributed by atoms with E-state index in [0.717, 1.165) is 16.8 Å². The topological polar surface area (TPSA) is 24.9 Å². The molecule has 2 nitrogen and oxygen atoms in total. The van der Waals surface area contributed by atoms with Crippen LogP contribution < -0.4 is 5.32 Å². The zero-order chi connectivity index (χ0) is 12.3. The molecule has 0 saturated heterocycles. The largest absolute Gasteiger partial charge is 0.381 e. The lowest BCUT2D eigenvalue weighted by Gasteiger charge is -2.10. The second-order valence-corrected chi connectivity index (χ2v) is 4.64. The van der Waals surface area contributed by atoms with E-state index in [-0.39, 0.29) is 5.82 Å². The predicted octanol–water partition coefficient (Wildman–Crippen LogP) is 3.90. The summed E-state index contributed by atoms with van der Waals surface area (Å²) in [4.78, 5) is 3.95. The van der Waals surface area contributed by atoms with E-state index >= 15 is 0 Å². The molecular formula is C13H12BrFN2. The Kier molecular flexibility index (Phi) is 3.74. The number of nitrogens with one attached hydrogen (secondary N) is 1. The number of anilines is 1. The van der Waals surface area contributed by atoms with Crippen LogP contribution in [-0.2, 0) is 6.54 Å². The summed E-state index contributed by atoms with van der Waals surface area (Å²) < 4.78 is 13.9. The second-order valence-electron chi connectivity index (χ2n) is 3.79. The van der Waals surface area contributed by atoms with Crippen LogP contribution in [0.1, 0.15) is 11.1 Å². The zero-order valence-corrected chi connectivity index (χ0v) is 11.0. The molecule has 2 rings (SSSR count). The molecule has 88 valence electrons. The summed E-state index contributed by atoms with van der Waals surface area (Å²) in [6.45, 7) is 2.60. The summed E-state index contributed by atoms with van der Waals surface area (Å²) in [5, 5.41) is 3.21. The van der Waals surface area contributed by atoms with Crippen LogP contribution in [0.4, 0.5) is 10.1 Å². The fraction of sp³-hybridized carbons (Fsp3) is 0.154. The molecule has 0 unspecified atom stereocenters. The first-order chi connectivity index (χ1) is 8.16. The van der Waals surface area contributed by atoms with Crippen molar-refractivity contribution >= 4 is 21.6 Å². The summed E-state index contributed by atoms with van der Waals surface area (Å²) in [7, 11) is 0. The highest BCUT2D eigenvalue weighted by atomic mass is 79.9. The van der Waals surface area contributed by atoms with Gasteiger partial charge in [-0.15, -0.1) is 0 Å². The van der Waals surface area contributed by atoms with E-state index in [9.17, 15) is 4.39 Å². The predicted molar refractivity (Wildman–Crippen MR) is 70.4 cm³/mol. The van der Waals surface area contributed by atoms with E-state index in [2.05, 4.69) is 26.2 Å². The van der Waals surface area contributed by atoms with Gasteiger partial charge in [0.25, 0.3) is 0 Å². The van der Waals surface area contributed by atoms with Gasteiger partial charge in [-0.05, 0) is 58.2 Å². The molecule has 1 heterocycles. The minimum atomic E-state index is -0.257. The Hall–Kier alpha value is -1.42. The fourth-order valence-corrected chi connectivity index (χ4v) is 1.99. The maximum atomic E-state index is 13.4. The van der Waals surface area contributed by atoms with Crippen molar-refractivity contribution in [1.82, 2.24) is 4.98 Å². The number of halogens is 2. The summed E-state index contributed by atoms with van der Waals surface area (Å²) >= 11 is 3.17. The van der Waals surface area contributed by atoms with Crippen molar-refractivity contribution in [3.8, 4) is 0 Å². The lowest BCUT2D eigenvalue weighted by molar-refractivity contribution is 0.621. The van der Waals surface area contributed by atoms with E-state index < -0.39 is 0 Å². The zero-order valence-electron chi connectivity index (χ0n) is 9.37. The Labute approximate surface area is 108 Å². The minimum Gasteiger partial charge on any atom is -0.381 e. The van der Waals surface area contributed by atoms with Crippen molar-refractivity contribution in [2.45, 2.75) is 13.5 Å². The molecular weight excluding hydrogens is 283 g/mol. The van der Waals surface area contributed by atoms with Crippen molar-refractivity contribution in [2.24, 2.45) is 0 Å². The molecule has 0 radical (unpaired) electrons. The summed E-state index contributed by atoms with van der Waals surface area (Å²) in [6, 6.07) is 7.12. The van der Waals surface area contributed by atoms with E-state index in [0.29, 0.717) is 11.0 Å². The Morgan fingerprint density at radius 3 is 2.71 bits per heavy atom. The van der Waals surface area contributed by atoms with Crippen molar-refractivity contribution < 1.29 is 4.39 Å². The summed E-state index contributed by atoms with van der Waals surface area (Å²) in [5.41, 5.74) is 2.93. The van der Waals surface area contributed by atoms with Crippen molar-refractivity contribution in [3.63, 3.8) is 0 Å². The molecule has 0 aliphatic carbocycles.